The van der Waals surface area contributed by atoms with Gasteiger partial charge in [-0.25, -0.2) is 4.99 Å². The van der Waals surface area contributed by atoms with Crippen LogP contribution in [0.25, 0.3) is 92.6 Å². The summed E-state index contributed by atoms with van der Waals surface area (Å²) < 4.78 is 4.76. The van der Waals surface area contributed by atoms with Gasteiger partial charge in [0.25, 0.3) is 0 Å². The normalized spacial score (nSPS) is 15.2. The molecule has 0 amide bonds. The highest BCUT2D eigenvalue weighted by Gasteiger charge is 2.33. The Hall–Kier alpha value is -7.67. The fourth-order valence-electron chi connectivity index (χ4n) is 9.69. The number of fused-ring (bicyclic) bond motifs is 11. The summed E-state index contributed by atoms with van der Waals surface area (Å²) in [6.07, 6.45) is 6.06. The van der Waals surface area contributed by atoms with E-state index in [1.807, 2.05) is 12.4 Å². The number of hydrogen-bond acceptors (Lipinski definition) is 4. The Morgan fingerprint density at radius 1 is 0.459 bits per heavy atom. The highest BCUT2D eigenvalue weighted by molar-refractivity contribution is 8.12. The number of hydrogen-bond donors (Lipinski definition) is 1. The van der Waals surface area contributed by atoms with Gasteiger partial charge in [0.05, 0.1) is 33.8 Å². The molecule has 5 heterocycles. The van der Waals surface area contributed by atoms with E-state index in [-0.39, 0.29) is 6.04 Å². The van der Waals surface area contributed by atoms with Gasteiger partial charge in [0.15, 0.2) is 0 Å². The van der Waals surface area contributed by atoms with E-state index in [0.717, 1.165) is 39.5 Å². The van der Waals surface area contributed by atoms with Crippen molar-refractivity contribution in [2.24, 2.45) is 4.99 Å². The lowest BCUT2D eigenvalue weighted by Crippen LogP contribution is -2.40. The number of nitrogens with zero attached hydrogens (tertiary/aromatic N) is 4. The first kappa shape index (κ1) is 34.2. The van der Waals surface area contributed by atoms with Crippen molar-refractivity contribution in [2.45, 2.75) is 6.04 Å². The Bertz CT molecular complexity index is 3690. The number of pyridine rings is 1. The molecule has 1 N–H and O–H groups in total. The van der Waals surface area contributed by atoms with Gasteiger partial charge in [0.2, 0.25) is 5.96 Å². The van der Waals surface area contributed by atoms with E-state index >= 15 is 0 Å². The molecule has 2 aliphatic heterocycles. The molecule has 1 atom stereocenters. The molecule has 0 fully saturated rings. The largest absolute Gasteiger partial charge is 0.344 e. The molecule has 0 saturated carbocycles. The van der Waals surface area contributed by atoms with Gasteiger partial charge in [-0.2, -0.15) is 0 Å². The molecule has 286 valence electrons. The average Bonchev–Trinajstić information content (AvgIpc) is 4.02. The predicted octanol–water partition coefficient (Wildman–Crippen LogP) is 13.6. The Morgan fingerprint density at radius 3 is 1.84 bits per heavy atom. The van der Waals surface area contributed by atoms with Gasteiger partial charge in [-0.1, -0.05) is 139 Å². The second kappa shape index (κ2) is 13.4. The first-order valence-corrected chi connectivity index (χ1v) is 21.5. The Labute approximate surface area is 355 Å². The summed E-state index contributed by atoms with van der Waals surface area (Å²) in [5.41, 5.74) is 11.3. The van der Waals surface area contributed by atoms with E-state index in [1.54, 1.807) is 11.8 Å². The Kier molecular flexibility index (Phi) is 7.53. The molecule has 8 aromatic carbocycles. The van der Waals surface area contributed by atoms with Crippen LogP contribution >= 0.6 is 11.8 Å². The smallest absolute Gasteiger partial charge is 0.209 e. The SMILES string of the molecule is C1=C(c2ccncc2)SC2=C(c3ccccc3)N=C(n3c4ccc(-c5ccc6c7c8ccccc8ccc7n(-c7ccccc7)c6c5)cc4c4c5ccccc5ccc43)NC12. The van der Waals surface area contributed by atoms with Crippen molar-refractivity contribution >= 4 is 93.5 Å². The second-order valence-corrected chi connectivity index (χ2v) is 16.9. The second-order valence-electron chi connectivity index (χ2n) is 15.8. The summed E-state index contributed by atoms with van der Waals surface area (Å²) in [7, 11) is 0. The van der Waals surface area contributed by atoms with E-state index in [1.165, 1.54) is 75.1 Å². The molecule has 11 aromatic rings. The van der Waals surface area contributed by atoms with Crippen LogP contribution in [0, 0.1) is 0 Å². The predicted molar refractivity (Wildman–Crippen MR) is 257 cm³/mol. The fraction of sp³-hybridized carbons (Fsp3) is 0.0182. The van der Waals surface area contributed by atoms with Gasteiger partial charge < -0.3 is 9.88 Å². The van der Waals surface area contributed by atoms with E-state index < -0.39 is 0 Å². The first-order chi connectivity index (χ1) is 30.2. The van der Waals surface area contributed by atoms with Crippen molar-refractivity contribution in [3.05, 3.63) is 216 Å². The minimum Gasteiger partial charge on any atom is -0.344 e. The van der Waals surface area contributed by atoms with Crippen LogP contribution in [0.15, 0.2) is 210 Å². The van der Waals surface area contributed by atoms with Gasteiger partial charge in [-0.05, 0) is 98.9 Å². The highest BCUT2D eigenvalue weighted by atomic mass is 32.2. The zero-order chi connectivity index (χ0) is 40.0. The van der Waals surface area contributed by atoms with Crippen molar-refractivity contribution in [3.63, 3.8) is 0 Å². The number of nitrogens with one attached hydrogen (secondary N) is 1. The van der Waals surface area contributed by atoms with Crippen LogP contribution in [0.1, 0.15) is 11.1 Å². The van der Waals surface area contributed by atoms with E-state index in [2.05, 4.69) is 208 Å². The van der Waals surface area contributed by atoms with Gasteiger partial charge in [-0.15, -0.1) is 0 Å². The maximum absolute atomic E-state index is 5.52. The van der Waals surface area contributed by atoms with Crippen LogP contribution in [-0.4, -0.2) is 26.1 Å². The van der Waals surface area contributed by atoms with Gasteiger partial charge in [0.1, 0.15) is 0 Å². The van der Waals surface area contributed by atoms with Crippen LogP contribution in [0.4, 0.5) is 0 Å². The summed E-state index contributed by atoms with van der Waals surface area (Å²) in [6, 6.07) is 65.9. The minimum atomic E-state index is -0.0386. The molecule has 5 nitrogen and oxygen atoms in total. The maximum atomic E-state index is 5.52. The maximum Gasteiger partial charge on any atom is 0.209 e. The van der Waals surface area contributed by atoms with Crippen molar-refractivity contribution in [1.82, 2.24) is 19.4 Å². The molecule has 1 unspecified atom stereocenters. The lowest BCUT2D eigenvalue weighted by atomic mass is 9.98. The van der Waals surface area contributed by atoms with Crippen LogP contribution in [-0.2, 0) is 0 Å². The van der Waals surface area contributed by atoms with Crippen molar-refractivity contribution in [1.29, 1.82) is 0 Å². The van der Waals surface area contributed by atoms with Crippen molar-refractivity contribution < 1.29 is 0 Å². The molecule has 0 radical (unpaired) electrons. The van der Waals surface area contributed by atoms with Crippen molar-refractivity contribution in [3.8, 4) is 16.8 Å². The average molecular weight is 798 g/mol. The molecule has 2 aliphatic rings. The molecule has 61 heavy (non-hydrogen) atoms. The van der Waals surface area contributed by atoms with Crippen LogP contribution < -0.4 is 5.32 Å². The number of aliphatic imine (C=N–C) groups is 1. The van der Waals surface area contributed by atoms with Crippen LogP contribution in [0.5, 0.6) is 0 Å². The lowest BCUT2D eigenvalue weighted by molar-refractivity contribution is 0.835. The number of para-hydroxylation sites is 1. The third kappa shape index (κ3) is 5.29. The zero-order valence-electron chi connectivity index (χ0n) is 32.8. The number of aromatic nitrogens is 3. The minimum absolute atomic E-state index is 0.0386. The molecule has 0 spiro atoms. The van der Waals surface area contributed by atoms with E-state index in [9.17, 15) is 0 Å². The fourth-order valence-corrected chi connectivity index (χ4v) is 10.9. The Balaban J connectivity index is 1.03. The monoisotopic (exact) mass is 797 g/mol. The highest BCUT2D eigenvalue weighted by Crippen LogP contribution is 2.48. The number of thioether (sulfide) groups is 1. The Morgan fingerprint density at radius 2 is 1.08 bits per heavy atom. The molecule has 0 aliphatic carbocycles. The summed E-state index contributed by atoms with van der Waals surface area (Å²) in [5, 5.41) is 13.8. The molecular weight excluding hydrogens is 763 g/mol. The number of rotatable bonds is 4. The van der Waals surface area contributed by atoms with Gasteiger partial charge in [0, 0.05) is 55.0 Å². The zero-order valence-corrected chi connectivity index (χ0v) is 33.6. The number of benzene rings is 8. The quantitative estimate of drug-likeness (QED) is 0.193. The van der Waals surface area contributed by atoms with Crippen molar-refractivity contribution in [2.75, 3.05) is 0 Å². The molecule has 6 heteroatoms. The summed E-state index contributed by atoms with van der Waals surface area (Å²) >= 11 is 1.79. The summed E-state index contributed by atoms with van der Waals surface area (Å²) in [6.45, 7) is 0. The molecule has 0 bridgehead atoms. The first-order valence-electron chi connectivity index (χ1n) is 20.7. The van der Waals surface area contributed by atoms with Crippen LogP contribution in [0.3, 0.4) is 0 Å². The molecule has 3 aromatic heterocycles. The third-order valence-corrected chi connectivity index (χ3v) is 13.7. The summed E-state index contributed by atoms with van der Waals surface area (Å²) in [4.78, 5) is 12.2. The lowest BCUT2D eigenvalue weighted by Gasteiger charge is -2.25. The van der Waals surface area contributed by atoms with Gasteiger partial charge in [-0.3, -0.25) is 9.55 Å². The molecule has 13 rings (SSSR count). The topological polar surface area (TPSA) is 47.1 Å². The standard InChI is InChI=1S/C55H35N5S/c1-3-13-37(14-4-1)53-54-45(33-50(61-54)36-27-29-56-30-28-36)57-55(58-53)60-46-24-22-38(31-44(46)52-42-18-10-8-12-35(42)21-26-48(52)60)39-19-23-43-49(32-39)59(40-15-5-2-6-16-40)47-25-20-34-11-7-9-17-41(34)51(43)47/h1-33,45H,(H,57,58). The van der Waals surface area contributed by atoms with Gasteiger partial charge >= 0.3 is 0 Å². The summed E-state index contributed by atoms with van der Waals surface area (Å²) in [5.74, 6) is 0.810. The molecular formula is C55H35N5S. The van der Waals surface area contributed by atoms with E-state index in [0.29, 0.717) is 0 Å². The molecule has 0 saturated heterocycles. The third-order valence-electron chi connectivity index (χ3n) is 12.4. The van der Waals surface area contributed by atoms with E-state index in [4.69, 9.17) is 4.99 Å². The van der Waals surface area contributed by atoms with Crippen LogP contribution in [0.2, 0.25) is 0 Å².